The topological polar surface area (TPSA) is 92.0 Å². The molecule has 0 aliphatic carbocycles. The minimum absolute atomic E-state index is 0.229. The Labute approximate surface area is 161 Å². The SMILES string of the molecule is CS(=O)(=O)c1ccc(-n2nccc2/C=N/OCc2ccc3c(c2)OCO3)cc1. The van der Waals surface area contributed by atoms with Gasteiger partial charge < -0.3 is 14.3 Å². The van der Waals surface area contributed by atoms with Crippen molar-refractivity contribution in [3.05, 3.63) is 66.0 Å². The van der Waals surface area contributed by atoms with Crippen LogP contribution in [0.1, 0.15) is 11.3 Å². The van der Waals surface area contributed by atoms with Gasteiger partial charge in [0, 0.05) is 6.26 Å². The van der Waals surface area contributed by atoms with E-state index in [1.165, 1.54) is 6.26 Å². The first kappa shape index (κ1) is 18.1. The monoisotopic (exact) mass is 399 g/mol. The average Bonchev–Trinajstić information content (AvgIpc) is 3.33. The highest BCUT2D eigenvalue weighted by Gasteiger charge is 2.13. The highest BCUT2D eigenvalue weighted by molar-refractivity contribution is 7.90. The Hall–Kier alpha value is -3.33. The summed E-state index contributed by atoms with van der Waals surface area (Å²) >= 11 is 0. The van der Waals surface area contributed by atoms with Crippen molar-refractivity contribution in [2.24, 2.45) is 5.16 Å². The zero-order valence-corrected chi connectivity index (χ0v) is 15.8. The molecule has 0 fully saturated rings. The van der Waals surface area contributed by atoms with Crippen molar-refractivity contribution in [3.8, 4) is 17.2 Å². The Kier molecular flexibility index (Phi) is 4.74. The molecular formula is C19H17N3O5S. The number of hydrogen-bond acceptors (Lipinski definition) is 7. The Balaban J connectivity index is 1.43. The van der Waals surface area contributed by atoms with Crippen molar-refractivity contribution in [1.29, 1.82) is 0 Å². The fourth-order valence-corrected chi connectivity index (χ4v) is 3.33. The minimum Gasteiger partial charge on any atom is -0.454 e. The Morgan fingerprint density at radius 2 is 1.93 bits per heavy atom. The van der Waals surface area contributed by atoms with Crippen LogP contribution in [0.25, 0.3) is 5.69 Å². The second-order valence-corrected chi connectivity index (χ2v) is 8.15. The molecule has 144 valence electrons. The van der Waals surface area contributed by atoms with Crippen molar-refractivity contribution in [2.75, 3.05) is 13.0 Å². The molecular weight excluding hydrogens is 382 g/mol. The Bertz CT molecular complexity index is 1120. The molecule has 0 unspecified atom stereocenters. The molecule has 0 spiro atoms. The molecule has 2 heterocycles. The predicted molar refractivity (Wildman–Crippen MR) is 102 cm³/mol. The van der Waals surface area contributed by atoms with Crippen LogP contribution in [0.5, 0.6) is 11.5 Å². The van der Waals surface area contributed by atoms with E-state index in [-0.39, 0.29) is 18.3 Å². The van der Waals surface area contributed by atoms with Crippen LogP contribution in [0.3, 0.4) is 0 Å². The Morgan fingerprint density at radius 1 is 1.14 bits per heavy atom. The van der Waals surface area contributed by atoms with Gasteiger partial charge in [0.05, 0.1) is 28.7 Å². The number of benzene rings is 2. The van der Waals surface area contributed by atoms with E-state index in [4.69, 9.17) is 14.3 Å². The number of ether oxygens (including phenoxy) is 2. The van der Waals surface area contributed by atoms with Crippen molar-refractivity contribution >= 4 is 16.1 Å². The van der Waals surface area contributed by atoms with Gasteiger partial charge in [0.25, 0.3) is 0 Å². The van der Waals surface area contributed by atoms with Gasteiger partial charge in [-0.3, -0.25) is 0 Å². The second kappa shape index (κ2) is 7.35. The second-order valence-electron chi connectivity index (χ2n) is 6.13. The molecule has 0 saturated carbocycles. The van der Waals surface area contributed by atoms with Crippen LogP contribution >= 0.6 is 0 Å². The van der Waals surface area contributed by atoms with Crippen LogP contribution in [0.4, 0.5) is 0 Å². The molecule has 1 aliphatic heterocycles. The van der Waals surface area contributed by atoms with Crippen molar-refractivity contribution < 1.29 is 22.7 Å². The summed E-state index contributed by atoms with van der Waals surface area (Å²) in [5, 5.41) is 8.24. The van der Waals surface area contributed by atoms with Crippen molar-refractivity contribution in [3.63, 3.8) is 0 Å². The molecule has 1 aromatic heterocycles. The molecule has 0 bridgehead atoms. The first-order valence-electron chi connectivity index (χ1n) is 8.39. The summed E-state index contributed by atoms with van der Waals surface area (Å²) in [6, 6.07) is 13.8. The largest absolute Gasteiger partial charge is 0.454 e. The zero-order valence-electron chi connectivity index (χ0n) is 15.0. The van der Waals surface area contributed by atoms with Crippen LogP contribution in [0.2, 0.25) is 0 Å². The third-order valence-corrected chi connectivity index (χ3v) is 5.24. The van der Waals surface area contributed by atoms with Crippen LogP contribution in [0.15, 0.2) is 64.8 Å². The number of hydrogen-bond donors (Lipinski definition) is 0. The third kappa shape index (κ3) is 3.84. The van der Waals surface area contributed by atoms with Gasteiger partial charge in [0.2, 0.25) is 6.79 Å². The van der Waals surface area contributed by atoms with Crippen LogP contribution in [0, 0.1) is 0 Å². The number of aromatic nitrogens is 2. The fourth-order valence-electron chi connectivity index (χ4n) is 2.70. The molecule has 9 heteroatoms. The van der Waals surface area contributed by atoms with Crippen LogP contribution in [-0.2, 0) is 21.3 Å². The Morgan fingerprint density at radius 3 is 2.71 bits per heavy atom. The first-order chi connectivity index (χ1) is 13.5. The van der Waals surface area contributed by atoms with E-state index in [0.29, 0.717) is 11.4 Å². The maximum absolute atomic E-state index is 11.6. The first-order valence-corrected chi connectivity index (χ1v) is 10.3. The summed E-state index contributed by atoms with van der Waals surface area (Å²) in [6.07, 6.45) is 4.35. The lowest BCUT2D eigenvalue weighted by Crippen LogP contribution is -2.03. The van der Waals surface area contributed by atoms with Crippen molar-refractivity contribution in [2.45, 2.75) is 11.5 Å². The maximum Gasteiger partial charge on any atom is 0.231 e. The summed E-state index contributed by atoms with van der Waals surface area (Å²) < 4.78 is 35.4. The van der Waals surface area contributed by atoms with E-state index in [0.717, 1.165) is 17.0 Å². The van der Waals surface area contributed by atoms with E-state index in [2.05, 4.69) is 10.3 Å². The lowest BCUT2D eigenvalue weighted by atomic mass is 10.2. The van der Waals surface area contributed by atoms with Gasteiger partial charge in [-0.15, -0.1) is 0 Å². The van der Waals surface area contributed by atoms with Gasteiger partial charge in [0.15, 0.2) is 21.3 Å². The summed E-state index contributed by atoms with van der Waals surface area (Å²) in [5.74, 6) is 1.42. The fraction of sp³-hybridized carbons (Fsp3) is 0.158. The molecule has 0 radical (unpaired) electrons. The molecule has 1 aliphatic rings. The number of rotatable bonds is 6. The third-order valence-electron chi connectivity index (χ3n) is 4.11. The highest BCUT2D eigenvalue weighted by Crippen LogP contribution is 2.32. The predicted octanol–water partition coefficient (Wildman–Crippen LogP) is 2.56. The lowest BCUT2D eigenvalue weighted by molar-refractivity contribution is 0.132. The maximum atomic E-state index is 11.6. The smallest absolute Gasteiger partial charge is 0.231 e. The molecule has 0 saturated heterocycles. The van der Waals surface area contributed by atoms with Crippen LogP contribution in [-0.4, -0.2) is 37.5 Å². The minimum atomic E-state index is -3.24. The molecule has 4 rings (SSSR count). The summed E-state index contributed by atoms with van der Waals surface area (Å²) in [4.78, 5) is 5.62. The van der Waals surface area contributed by atoms with E-state index in [9.17, 15) is 8.42 Å². The van der Waals surface area contributed by atoms with E-state index < -0.39 is 9.84 Å². The van der Waals surface area contributed by atoms with Crippen LogP contribution < -0.4 is 9.47 Å². The molecule has 3 aromatic rings. The molecule has 0 amide bonds. The van der Waals surface area contributed by atoms with E-state index in [1.54, 1.807) is 47.4 Å². The van der Waals surface area contributed by atoms with E-state index in [1.807, 2.05) is 18.2 Å². The number of fused-ring (bicyclic) bond motifs is 1. The molecule has 28 heavy (non-hydrogen) atoms. The molecule has 0 atom stereocenters. The number of nitrogens with zero attached hydrogens (tertiary/aromatic N) is 3. The highest BCUT2D eigenvalue weighted by atomic mass is 32.2. The van der Waals surface area contributed by atoms with Crippen molar-refractivity contribution in [1.82, 2.24) is 9.78 Å². The van der Waals surface area contributed by atoms with Gasteiger partial charge in [-0.05, 0) is 48.0 Å². The summed E-state index contributed by atoms with van der Waals surface area (Å²) in [7, 11) is -3.24. The van der Waals surface area contributed by atoms with Gasteiger partial charge in [-0.2, -0.15) is 5.10 Å². The summed E-state index contributed by atoms with van der Waals surface area (Å²) in [5.41, 5.74) is 2.32. The lowest BCUT2D eigenvalue weighted by Gasteiger charge is -2.06. The standard InChI is InChI=1S/C19H17N3O5S/c1-28(23,24)17-5-3-15(4-6-17)22-16(8-9-20-22)11-21-27-12-14-2-7-18-19(10-14)26-13-25-18/h2-11H,12-13H2,1H3/b21-11+. The van der Waals surface area contributed by atoms with Gasteiger partial charge in [0.1, 0.15) is 6.61 Å². The summed E-state index contributed by atoms with van der Waals surface area (Å²) in [6.45, 7) is 0.511. The van der Waals surface area contributed by atoms with Gasteiger partial charge in [-0.1, -0.05) is 11.2 Å². The number of sulfone groups is 1. The molecule has 2 aromatic carbocycles. The number of oxime groups is 1. The normalized spacial score (nSPS) is 13.2. The molecule has 0 N–H and O–H groups in total. The molecule has 8 nitrogen and oxygen atoms in total. The zero-order chi connectivity index (χ0) is 19.6. The van der Waals surface area contributed by atoms with Gasteiger partial charge >= 0.3 is 0 Å². The quantitative estimate of drug-likeness (QED) is 0.467. The average molecular weight is 399 g/mol. The van der Waals surface area contributed by atoms with Gasteiger partial charge in [-0.25, -0.2) is 13.1 Å². The van der Waals surface area contributed by atoms with E-state index >= 15 is 0 Å².